The average molecular weight is 394 g/mol. The van der Waals surface area contributed by atoms with Gasteiger partial charge in [0.25, 0.3) is 15.3 Å². The molecule has 26 heavy (non-hydrogen) atoms. The fourth-order valence-electron chi connectivity index (χ4n) is 1.94. The fraction of sp³-hybridized carbons (Fsp3) is 0.176. The Morgan fingerprint density at radius 1 is 1.04 bits per heavy atom. The number of carbonyl (C=O) groups is 2. The fourth-order valence-corrected chi connectivity index (χ4v) is 3.68. The second-order valence-corrected chi connectivity index (χ2v) is 8.08. The molecule has 1 amide bonds. The molecule has 0 aliphatic heterocycles. The number of amides is 1. The Morgan fingerprint density at radius 3 is 2.23 bits per heavy atom. The van der Waals surface area contributed by atoms with Crippen molar-refractivity contribution in [3.05, 3.63) is 54.1 Å². The number of anilines is 1. The lowest BCUT2D eigenvalue weighted by Gasteiger charge is -2.12. The van der Waals surface area contributed by atoms with Crippen LogP contribution < -0.4 is 4.72 Å². The van der Waals surface area contributed by atoms with E-state index in [0.717, 1.165) is 11.8 Å². The van der Waals surface area contributed by atoms with Gasteiger partial charge in [0.05, 0.1) is 23.3 Å². The summed E-state index contributed by atoms with van der Waals surface area (Å²) in [6, 6.07) is 12.1. The van der Waals surface area contributed by atoms with Crippen molar-refractivity contribution in [2.75, 3.05) is 25.9 Å². The summed E-state index contributed by atoms with van der Waals surface area (Å²) in [6.07, 6.45) is 0. The van der Waals surface area contributed by atoms with Crippen LogP contribution in [0.5, 0.6) is 0 Å². The molecule has 0 radical (unpaired) electrons. The van der Waals surface area contributed by atoms with Gasteiger partial charge in [-0.25, -0.2) is 13.2 Å². The summed E-state index contributed by atoms with van der Waals surface area (Å²) in [6.45, 7) is 0. The van der Waals surface area contributed by atoms with Crippen LogP contribution >= 0.6 is 11.8 Å². The van der Waals surface area contributed by atoms with Gasteiger partial charge in [0.2, 0.25) is 0 Å². The number of nitrogens with zero attached hydrogens (tertiary/aromatic N) is 1. The molecule has 0 aliphatic carbocycles. The minimum absolute atomic E-state index is 0.0128. The summed E-state index contributed by atoms with van der Waals surface area (Å²) in [5, 5.41) is -0.161. The first kappa shape index (κ1) is 19.8. The molecule has 9 heteroatoms. The van der Waals surface area contributed by atoms with E-state index >= 15 is 0 Å². The van der Waals surface area contributed by atoms with Gasteiger partial charge in [0.1, 0.15) is 0 Å². The van der Waals surface area contributed by atoms with Crippen molar-refractivity contribution in [2.45, 2.75) is 9.79 Å². The molecule has 0 fully saturated rings. The van der Waals surface area contributed by atoms with Crippen molar-refractivity contribution < 1.29 is 22.7 Å². The Labute approximate surface area is 156 Å². The molecule has 138 valence electrons. The van der Waals surface area contributed by atoms with Gasteiger partial charge in [-0.05, 0) is 48.2 Å². The zero-order valence-corrected chi connectivity index (χ0v) is 16.1. The molecular formula is C17H18N2O5S2. The lowest BCUT2D eigenvalue weighted by molar-refractivity contribution is 0.0602. The van der Waals surface area contributed by atoms with Crippen LogP contribution in [0.2, 0.25) is 0 Å². The summed E-state index contributed by atoms with van der Waals surface area (Å²) in [4.78, 5) is 25.5. The molecule has 7 nitrogen and oxygen atoms in total. The second-order valence-electron chi connectivity index (χ2n) is 5.38. The van der Waals surface area contributed by atoms with Crippen LogP contribution in [0.15, 0.2) is 58.3 Å². The largest absolute Gasteiger partial charge is 0.465 e. The Bertz CT molecular complexity index is 909. The van der Waals surface area contributed by atoms with Crippen LogP contribution in [-0.4, -0.2) is 45.7 Å². The minimum Gasteiger partial charge on any atom is -0.465 e. The molecule has 0 unspecified atom stereocenters. The van der Waals surface area contributed by atoms with E-state index in [1.54, 1.807) is 38.4 Å². The molecule has 0 heterocycles. The molecule has 0 bridgehead atoms. The first-order valence-electron chi connectivity index (χ1n) is 7.44. The van der Waals surface area contributed by atoms with Crippen molar-refractivity contribution >= 4 is 38.7 Å². The number of nitrogens with one attached hydrogen (secondary N) is 1. The molecule has 0 saturated heterocycles. The Morgan fingerprint density at radius 2 is 1.65 bits per heavy atom. The van der Waals surface area contributed by atoms with E-state index in [0.29, 0.717) is 4.90 Å². The Balaban J connectivity index is 2.24. The Kier molecular flexibility index (Phi) is 6.27. The highest BCUT2D eigenvalue weighted by molar-refractivity contribution is 8.13. The first-order chi connectivity index (χ1) is 12.2. The van der Waals surface area contributed by atoms with Crippen molar-refractivity contribution in [3.63, 3.8) is 0 Å². The Hall–Kier alpha value is -2.52. The molecule has 2 rings (SSSR count). The number of methoxy groups -OCH3 is 1. The number of sulfonamides is 1. The third-order valence-corrected chi connectivity index (χ3v) is 5.71. The number of hydrogen-bond donors (Lipinski definition) is 1. The number of ether oxygens (including phenoxy) is 1. The summed E-state index contributed by atoms with van der Waals surface area (Å²) < 4.78 is 32.2. The first-order valence-corrected chi connectivity index (χ1v) is 9.74. The summed E-state index contributed by atoms with van der Waals surface area (Å²) in [5.41, 5.74) is 0.239. The SMILES string of the molecule is COC(=O)c1ccccc1NS(=O)(=O)c1ccc(SC(=O)N(C)C)cc1. The molecule has 0 spiro atoms. The van der Waals surface area contributed by atoms with Gasteiger partial charge in [-0.15, -0.1) is 0 Å². The maximum Gasteiger partial charge on any atom is 0.339 e. The van der Waals surface area contributed by atoms with Crippen molar-refractivity contribution in [3.8, 4) is 0 Å². The molecule has 0 atom stereocenters. The van der Waals surface area contributed by atoms with Gasteiger partial charge >= 0.3 is 5.97 Å². The number of esters is 1. The van der Waals surface area contributed by atoms with Gasteiger partial charge in [-0.1, -0.05) is 12.1 Å². The quantitative estimate of drug-likeness (QED) is 0.619. The van der Waals surface area contributed by atoms with Crippen molar-refractivity contribution in [1.29, 1.82) is 0 Å². The molecular weight excluding hydrogens is 376 g/mol. The zero-order chi connectivity index (χ0) is 19.3. The topological polar surface area (TPSA) is 92.8 Å². The number of thioether (sulfide) groups is 1. The number of hydrogen-bond acceptors (Lipinski definition) is 6. The zero-order valence-electron chi connectivity index (χ0n) is 14.4. The molecule has 1 N–H and O–H groups in total. The maximum atomic E-state index is 12.6. The predicted molar refractivity (Wildman–Crippen MR) is 100.0 cm³/mol. The van der Waals surface area contributed by atoms with Crippen LogP contribution in [-0.2, 0) is 14.8 Å². The third-order valence-electron chi connectivity index (χ3n) is 3.28. The second kappa shape index (κ2) is 8.24. The number of benzene rings is 2. The number of rotatable bonds is 5. The standard InChI is InChI=1S/C17H18N2O5S2/c1-19(2)17(21)25-12-8-10-13(11-9-12)26(22,23)18-15-7-5-4-6-14(15)16(20)24-3/h4-11,18H,1-3H3. The molecule has 0 saturated carbocycles. The lowest BCUT2D eigenvalue weighted by atomic mass is 10.2. The summed E-state index contributed by atoms with van der Waals surface area (Å²) in [7, 11) is 0.591. The normalized spacial score (nSPS) is 10.9. The lowest BCUT2D eigenvalue weighted by Crippen LogP contribution is -2.16. The van der Waals surface area contributed by atoms with Gasteiger partial charge in [-0.3, -0.25) is 9.52 Å². The molecule has 0 aromatic heterocycles. The van der Waals surface area contributed by atoms with Crippen LogP contribution in [0, 0.1) is 0 Å². The molecule has 0 aliphatic rings. The van der Waals surface area contributed by atoms with Gasteiger partial charge in [-0.2, -0.15) is 0 Å². The molecule has 2 aromatic carbocycles. The summed E-state index contributed by atoms with van der Waals surface area (Å²) >= 11 is 0.995. The maximum absolute atomic E-state index is 12.6. The number of carbonyl (C=O) groups excluding carboxylic acids is 2. The van der Waals surface area contributed by atoms with E-state index in [2.05, 4.69) is 9.46 Å². The van der Waals surface area contributed by atoms with Gasteiger partial charge < -0.3 is 9.64 Å². The monoisotopic (exact) mass is 394 g/mol. The van der Waals surface area contributed by atoms with Gasteiger partial charge in [0.15, 0.2) is 0 Å². The van der Waals surface area contributed by atoms with E-state index in [4.69, 9.17) is 0 Å². The van der Waals surface area contributed by atoms with E-state index in [-0.39, 0.29) is 21.4 Å². The van der Waals surface area contributed by atoms with E-state index < -0.39 is 16.0 Å². The van der Waals surface area contributed by atoms with E-state index in [1.807, 2.05) is 0 Å². The smallest absolute Gasteiger partial charge is 0.339 e. The predicted octanol–water partition coefficient (Wildman–Crippen LogP) is 3.05. The van der Waals surface area contributed by atoms with Crippen molar-refractivity contribution in [2.24, 2.45) is 0 Å². The minimum atomic E-state index is -3.90. The highest BCUT2D eigenvalue weighted by atomic mass is 32.2. The van der Waals surface area contributed by atoms with E-state index in [9.17, 15) is 18.0 Å². The van der Waals surface area contributed by atoms with Crippen LogP contribution in [0.4, 0.5) is 10.5 Å². The van der Waals surface area contributed by atoms with Gasteiger partial charge in [0, 0.05) is 19.0 Å². The highest BCUT2D eigenvalue weighted by Gasteiger charge is 2.19. The van der Waals surface area contributed by atoms with Crippen LogP contribution in [0.1, 0.15) is 10.4 Å². The van der Waals surface area contributed by atoms with Crippen LogP contribution in [0.25, 0.3) is 0 Å². The third kappa shape index (κ3) is 4.77. The molecule has 2 aromatic rings. The van der Waals surface area contributed by atoms with Crippen LogP contribution in [0.3, 0.4) is 0 Å². The van der Waals surface area contributed by atoms with Crippen molar-refractivity contribution in [1.82, 2.24) is 4.90 Å². The highest BCUT2D eigenvalue weighted by Crippen LogP contribution is 2.24. The average Bonchev–Trinajstić information content (AvgIpc) is 2.61. The van der Waals surface area contributed by atoms with E-state index in [1.165, 1.54) is 36.3 Å². The summed E-state index contributed by atoms with van der Waals surface area (Å²) in [5.74, 6) is -0.641. The number of para-hydroxylation sites is 1.